The van der Waals surface area contributed by atoms with Crippen molar-refractivity contribution < 1.29 is 59.5 Å². The van der Waals surface area contributed by atoms with Crippen LogP contribution in [0.5, 0.6) is 11.5 Å². The normalized spacial score (nSPS) is 12.2. The van der Waals surface area contributed by atoms with Gasteiger partial charge in [0.1, 0.15) is 23.6 Å². The highest BCUT2D eigenvalue weighted by molar-refractivity contribution is 7.88. The van der Waals surface area contributed by atoms with Gasteiger partial charge in [0.05, 0.1) is 45.4 Å². The lowest BCUT2D eigenvalue weighted by atomic mass is 10.1. The molecule has 0 spiro atoms. The van der Waals surface area contributed by atoms with Crippen LogP contribution in [0.25, 0.3) is 0 Å². The van der Waals surface area contributed by atoms with Gasteiger partial charge in [-0.3, -0.25) is 9.59 Å². The van der Waals surface area contributed by atoms with Crippen molar-refractivity contribution in [3.05, 3.63) is 127 Å². The highest BCUT2D eigenvalue weighted by atomic mass is 35.5. The van der Waals surface area contributed by atoms with Gasteiger partial charge in [-0.1, -0.05) is 82.8 Å². The lowest BCUT2D eigenvalue weighted by Gasteiger charge is -2.18. The maximum absolute atomic E-state index is 12.5. The molecule has 0 aliphatic rings. The van der Waals surface area contributed by atoms with E-state index in [4.69, 9.17) is 51.1 Å². The summed E-state index contributed by atoms with van der Waals surface area (Å²) in [5.74, 6) is -3.19. The van der Waals surface area contributed by atoms with Crippen molar-refractivity contribution in [1.82, 2.24) is 10.6 Å². The Labute approximate surface area is 332 Å². The summed E-state index contributed by atoms with van der Waals surface area (Å²) in [6.45, 7) is 0. The average molecular weight is 868 g/mol. The Bertz CT molecular complexity index is 2080. The second kappa shape index (κ2) is 19.7. The maximum atomic E-state index is 12.5. The van der Waals surface area contributed by atoms with Gasteiger partial charge in [-0.05, 0) is 59.7 Å². The van der Waals surface area contributed by atoms with Crippen molar-refractivity contribution in [1.29, 1.82) is 0 Å². The van der Waals surface area contributed by atoms with Crippen LogP contribution in [-0.2, 0) is 42.0 Å². The van der Waals surface area contributed by atoms with E-state index in [2.05, 4.69) is 19.6 Å². The number of carbonyl (C=O) groups is 4. The minimum atomic E-state index is -5.81. The molecule has 0 saturated carbocycles. The first kappa shape index (κ1) is 44.7. The fraction of sp³-hybridized carbons (Fsp3) is 0.200. The largest absolute Gasteiger partial charge is 0.534 e. The molecular weight excluding hydrogens is 839 g/mol. The molecule has 20 heteroatoms. The topological polar surface area (TPSA) is 174 Å². The highest BCUT2D eigenvalue weighted by Crippen LogP contribution is 2.28. The average Bonchev–Trinajstić information content (AvgIpc) is 3.11. The first-order valence-electron chi connectivity index (χ1n) is 15.3. The molecule has 12 nitrogen and oxygen atoms in total. The summed E-state index contributed by atoms with van der Waals surface area (Å²) in [5.41, 5.74) is -4.43. The summed E-state index contributed by atoms with van der Waals surface area (Å²) in [5, 5.41) is 14.8. The summed E-state index contributed by atoms with van der Waals surface area (Å²) >= 11 is 24.0. The van der Waals surface area contributed by atoms with E-state index in [0.717, 1.165) is 24.8 Å². The van der Waals surface area contributed by atoms with Gasteiger partial charge in [0, 0.05) is 12.8 Å². The van der Waals surface area contributed by atoms with Crippen LogP contribution in [0, 0.1) is 0 Å². The molecule has 0 aliphatic carbocycles. The van der Waals surface area contributed by atoms with Crippen LogP contribution in [-0.4, -0.2) is 69.1 Å². The van der Waals surface area contributed by atoms with Gasteiger partial charge in [-0.15, -0.1) is 0 Å². The lowest BCUT2D eigenvalue weighted by molar-refractivity contribution is -0.143. The van der Waals surface area contributed by atoms with E-state index in [1.165, 1.54) is 61.7 Å². The molecule has 0 bridgehead atoms. The number of methoxy groups -OCH3 is 2. The Morgan fingerprint density at radius 3 is 1.33 bits per heavy atom. The van der Waals surface area contributed by atoms with Crippen molar-refractivity contribution in [3.8, 4) is 11.5 Å². The molecule has 0 saturated heterocycles. The number of esters is 2. The van der Waals surface area contributed by atoms with E-state index in [-0.39, 0.29) is 49.8 Å². The zero-order valence-corrected chi connectivity index (χ0v) is 32.2. The number of phenols is 1. The minimum Gasteiger partial charge on any atom is -0.508 e. The third-order valence-corrected chi connectivity index (χ3v) is 9.43. The zero-order valence-electron chi connectivity index (χ0n) is 28.3. The first-order valence-corrected chi connectivity index (χ1v) is 18.2. The van der Waals surface area contributed by atoms with Gasteiger partial charge in [0.25, 0.3) is 11.8 Å². The van der Waals surface area contributed by atoms with Crippen LogP contribution in [0.2, 0.25) is 20.1 Å². The van der Waals surface area contributed by atoms with E-state index >= 15 is 0 Å². The van der Waals surface area contributed by atoms with Crippen molar-refractivity contribution in [3.63, 3.8) is 0 Å². The number of halogens is 7. The molecule has 2 amide bonds. The quantitative estimate of drug-likeness (QED) is 0.0769. The van der Waals surface area contributed by atoms with Gasteiger partial charge in [-0.25, -0.2) is 9.59 Å². The second-order valence-corrected chi connectivity index (χ2v) is 14.2. The van der Waals surface area contributed by atoms with Gasteiger partial charge in [-0.2, -0.15) is 21.6 Å². The molecule has 4 aromatic rings. The van der Waals surface area contributed by atoms with Gasteiger partial charge < -0.3 is 29.4 Å². The molecule has 3 N–H and O–H groups in total. The molecule has 0 radical (unpaired) electrons. The van der Waals surface area contributed by atoms with E-state index < -0.39 is 57.2 Å². The van der Waals surface area contributed by atoms with E-state index in [9.17, 15) is 45.9 Å². The maximum Gasteiger partial charge on any atom is 0.534 e. The fourth-order valence-corrected chi connectivity index (χ4v) is 6.12. The smallest absolute Gasteiger partial charge is 0.508 e. The molecule has 2 atom stereocenters. The first-order chi connectivity index (χ1) is 25.8. The third-order valence-electron chi connectivity index (χ3n) is 7.19. The number of carbonyl (C=O) groups excluding carboxylic acids is 4. The number of benzene rings is 4. The number of rotatable bonds is 12. The Morgan fingerprint density at radius 1 is 0.655 bits per heavy atom. The van der Waals surface area contributed by atoms with Crippen molar-refractivity contribution in [2.24, 2.45) is 0 Å². The Morgan fingerprint density at radius 2 is 1.00 bits per heavy atom. The number of hydrogen-bond acceptors (Lipinski definition) is 10. The molecule has 4 aromatic carbocycles. The molecule has 0 aliphatic heterocycles. The predicted molar refractivity (Wildman–Crippen MR) is 197 cm³/mol. The molecule has 0 fully saturated rings. The van der Waals surface area contributed by atoms with Crippen LogP contribution in [0.3, 0.4) is 0 Å². The fourth-order valence-electron chi connectivity index (χ4n) is 4.52. The number of nitrogens with one attached hydrogen (secondary N) is 2. The van der Waals surface area contributed by atoms with E-state index in [1.807, 2.05) is 0 Å². The number of phenolic OH excluding ortho intramolecular Hbond substituents is 1. The van der Waals surface area contributed by atoms with Crippen LogP contribution in [0.1, 0.15) is 31.8 Å². The number of amides is 2. The number of hydrogen-bond donors (Lipinski definition) is 3. The SMILES string of the molecule is COC(=O)[C@H](Cc1ccc(O)cc1)NC(=O)c1c(Cl)cccc1Cl.COC(=O)[C@H](Cc1ccc(OS(=O)(=O)C(F)(F)F)cc1)NC(=O)c1c(Cl)cccc1Cl. The molecule has 0 aromatic heterocycles. The van der Waals surface area contributed by atoms with Gasteiger partial charge >= 0.3 is 27.6 Å². The van der Waals surface area contributed by atoms with Gasteiger partial charge in [0.2, 0.25) is 0 Å². The monoisotopic (exact) mass is 866 g/mol. The molecule has 0 unspecified atom stereocenters. The molecule has 55 heavy (non-hydrogen) atoms. The third kappa shape index (κ3) is 12.7. The zero-order chi connectivity index (χ0) is 41.1. The Balaban J connectivity index is 0.000000305. The van der Waals surface area contributed by atoms with Crippen LogP contribution in [0.15, 0.2) is 84.9 Å². The minimum absolute atomic E-state index is 0.0548. The predicted octanol–water partition coefficient (Wildman–Crippen LogP) is 6.95. The molecular formula is C35H29Cl4F3N2O10S. The Hall–Kier alpha value is -4.74. The number of alkyl halides is 3. The van der Waals surface area contributed by atoms with Crippen molar-refractivity contribution >= 4 is 80.3 Å². The van der Waals surface area contributed by atoms with Crippen molar-refractivity contribution in [2.45, 2.75) is 30.4 Å². The lowest BCUT2D eigenvalue weighted by Crippen LogP contribution is -2.43. The number of ether oxygens (including phenoxy) is 2. The van der Waals surface area contributed by atoms with Crippen LogP contribution < -0.4 is 14.8 Å². The van der Waals surface area contributed by atoms with Crippen LogP contribution in [0.4, 0.5) is 13.2 Å². The van der Waals surface area contributed by atoms with Crippen LogP contribution >= 0.6 is 46.4 Å². The summed E-state index contributed by atoms with van der Waals surface area (Å²) in [4.78, 5) is 49.0. The Kier molecular flexibility index (Phi) is 16.0. The highest BCUT2D eigenvalue weighted by Gasteiger charge is 2.48. The molecule has 294 valence electrons. The number of aromatic hydroxyl groups is 1. The summed E-state index contributed by atoms with van der Waals surface area (Å²) in [6, 6.07) is 17.7. The summed E-state index contributed by atoms with van der Waals surface area (Å²) in [6.07, 6.45) is 0.0630. The van der Waals surface area contributed by atoms with E-state index in [0.29, 0.717) is 5.56 Å². The standard InChI is InChI=1S/C18H14Cl2F3NO6S.C17H15Cl2NO4/c1-29-17(26)14(24-16(25)15-12(19)3-2-4-13(15)20)9-10-5-7-11(8-6-10)30-31(27,28)18(21,22)23;1-24-17(23)14(9-10-5-7-11(21)8-6-10)20-16(22)15-12(18)3-2-4-13(15)19/h2-8,14H,9H2,1H3,(H,24,25);2-8,14,21H,9H2,1H3,(H,20,22)/t2*14-/m00/s1. The summed E-state index contributed by atoms with van der Waals surface area (Å²) in [7, 11) is -3.48. The summed E-state index contributed by atoms with van der Waals surface area (Å²) < 4.78 is 72.7. The van der Waals surface area contributed by atoms with Crippen molar-refractivity contribution in [2.75, 3.05) is 14.2 Å². The van der Waals surface area contributed by atoms with E-state index in [1.54, 1.807) is 18.2 Å². The molecule has 0 heterocycles. The van der Waals surface area contributed by atoms with Gasteiger partial charge in [0.15, 0.2) is 0 Å². The second-order valence-electron chi connectivity index (χ2n) is 11.0. The molecule has 4 rings (SSSR count).